The highest BCUT2D eigenvalue weighted by molar-refractivity contribution is 5.89. The van der Waals surface area contributed by atoms with Gasteiger partial charge in [-0.1, -0.05) is 12.1 Å². The molecule has 2 atom stereocenters. The van der Waals surface area contributed by atoms with Gasteiger partial charge in [-0.2, -0.15) is 0 Å². The molecule has 0 aromatic carbocycles. The third-order valence-corrected chi connectivity index (χ3v) is 5.49. The second-order valence-electron chi connectivity index (χ2n) is 7.70. The molecule has 0 bridgehead atoms. The van der Waals surface area contributed by atoms with Crippen molar-refractivity contribution in [2.75, 3.05) is 14.1 Å². The van der Waals surface area contributed by atoms with Crippen molar-refractivity contribution in [2.45, 2.75) is 37.8 Å². The average molecular weight is 469 g/mol. The van der Waals surface area contributed by atoms with E-state index >= 15 is 0 Å². The van der Waals surface area contributed by atoms with Crippen LogP contribution in [-0.4, -0.2) is 67.8 Å². The van der Waals surface area contributed by atoms with Crippen LogP contribution in [0, 0.1) is 0 Å². The Kier molecular flexibility index (Phi) is 9.88. The molecular weight excluding hydrogens is 440 g/mol. The highest BCUT2D eigenvalue weighted by atomic mass is 16.4. The van der Waals surface area contributed by atoms with E-state index in [9.17, 15) is 19.2 Å². The van der Waals surface area contributed by atoms with Crippen molar-refractivity contribution in [3.63, 3.8) is 0 Å². The fraction of sp³-hybridized carbons (Fsp3) is 0.333. The van der Waals surface area contributed by atoms with Crippen LogP contribution in [0.25, 0.3) is 0 Å². The van der Waals surface area contributed by atoms with E-state index in [1.807, 2.05) is 50.8 Å². The molecule has 0 radical (unpaired) electrons. The van der Waals surface area contributed by atoms with E-state index in [2.05, 4.69) is 9.97 Å². The van der Waals surface area contributed by atoms with E-state index < -0.39 is 11.9 Å². The summed E-state index contributed by atoms with van der Waals surface area (Å²) in [6.07, 6.45) is 11.4. The number of carbonyl (C=O) groups is 4. The Labute approximate surface area is 197 Å². The zero-order chi connectivity index (χ0) is 25.1. The molecule has 34 heavy (non-hydrogen) atoms. The normalized spacial score (nSPS) is 19.4. The summed E-state index contributed by atoms with van der Waals surface area (Å²) in [4.78, 5) is 53.3. The quantitative estimate of drug-likeness (QED) is 0.652. The summed E-state index contributed by atoms with van der Waals surface area (Å²) in [6, 6.07) is 8.33. The predicted molar refractivity (Wildman–Crippen MR) is 122 cm³/mol. The number of nitrogens with zero attached hydrogens (tertiary/aromatic N) is 4. The summed E-state index contributed by atoms with van der Waals surface area (Å²) < 4.78 is 0. The Morgan fingerprint density at radius 2 is 1.21 bits per heavy atom. The van der Waals surface area contributed by atoms with Gasteiger partial charge in [-0.25, -0.2) is 9.59 Å². The number of amides is 2. The minimum atomic E-state index is -1.26. The first-order chi connectivity index (χ1) is 16.2. The third-order valence-electron chi connectivity index (χ3n) is 5.49. The van der Waals surface area contributed by atoms with Gasteiger partial charge in [0.1, 0.15) is 0 Å². The summed E-state index contributed by atoms with van der Waals surface area (Å²) >= 11 is 0. The molecule has 0 saturated carbocycles. The van der Waals surface area contributed by atoms with Crippen LogP contribution in [0.2, 0.25) is 0 Å². The van der Waals surface area contributed by atoms with Crippen LogP contribution in [0.3, 0.4) is 0 Å². The van der Waals surface area contributed by atoms with Gasteiger partial charge in [0.05, 0.1) is 12.1 Å². The molecule has 2 aliphatic heterocycles. The van der Waals surface area contributed by atoms with Gasteiger partial charge in [0.15, 0.2) is 0 Å². The molecule has 2 fully saturated rings. The molecule has 2 aromatic heterocycles. The number of aliphatic carboxylic acids is 2. The van der Waals surface area contributed by atoms with Crippen LogP contribution in [-0.2, 0) is 19.2 Å². The van der Waals surface area contributed by atoms with Crippen LogP contribution in [0.5, 0.6) is 0 Å². The van der Waals surface area contributed by atoms with Crippen molar-refractivity contribution in [3.8, 4) is 0 Å². The standard InChI is InChI=1S/2C10H12N2O.C4H4O4/c2*1-12-9(4-5-10(12)13)8-3-2-6-11-7-8;5-3(6)1-2-4(7)8/h2*2-3,6-7,9H,4-5H2,1H3;1-2H,(H,5,6)(H,7,8). The van der Waals surface area contributed by atoms with Gasteiger partial charge in [-0.3, -0.25) is 19.6 Å². The molecule has 4 rings (SSSR count). The van der Waals surface area contributed by atoms with Crippen molar-refractivity contribution in [3.05, 3.63) is 72.3 Å². The van der Waals surface area contributed by atoms with Crippen LogP contribution in [0.4, 0.5) is 0 Å². The molecule has 0 spiro atoms. The number of carboxylic acids is 2. The molecule has 2 aromatic rings. The average Bonchev–Trinajstić information content (AvgIpc) is 3.35. The van der Waals surface area contributed by atoms with Gasteiger partial charge in [0, 0.05) is 63.9 Å². The SMILES string of the molecule is CN1C(=O)CCC1c1cccnc1.CN1C(=O)CCC1c1cccnc1.O=C(O)C=CC(=O)O. The number of carbonyl (C=O) groups excluding carboxylic acids is 2. The summed E-state index contributed by atoms with van der Waals surface area (Å²) in [6.45, 7) is 0. The largest absolute Gasteiger partial charge is 0.478 e. The molecule has 2 N–H and O–H groups in total. The summed E-state index contributed by atoms with van der Waals surface area (Å²) in [5, 5.41) is 15.6. The second-order valence-corrected chi connectivity index (χ2v) is 7.70. The molecule has 0 aliphatic carbocycles. The number of likely N-dealkylation sites (tertiary alicyclic amines) is 2. The molecule has 10 nitrogen and oxygen atoms in total. The lowest BCUT2D eigenvalue weighted by Crippen LogP contribution is -2.22. The maximum atomic E-state index is 11.3. The van der Waals surface area contributed by atoms with Crippen LogP contribution >= 0.6 is 0 Å². The Morgan fingerprint density at radius 3 is 1.44 bits per heavy atom. The fourth-order valence-corrected chi connectivity index (χ4v) is 3.68. The molecule has 180 valence electrons. The zero-order valence-corrected chi connectivity index (χ0v) is 19.1. The number of carboxylic acid groups (broad SMARTS) is 2. The van der Waals surface area contributed by atoms with Crippen LogP contribution in [0.15, 0.2) is 61.2 Å². The number of aromatic nitrogens is 2. The first-order valence-electron chi connectivity index (χ1n) is 10.7. The molecule has 2 unspecified atom stereocenters. The Morgan fingerprint density at radius 1 is 0.824 bits per heavy atom. The second kappa shape index (κ2) is 12.8. The fourth-order valence-electron chi connectivity index (χ4n) is 3.68. The van der Waals surface area contributed by atoms with Crippen molar-refractivity contribution in [2.24, 2.45) is 0 Å². The van der Waals surface area contributed by atoms with Gasteiger partial charge in [0.2, 0.25) is 11.8 Å². The van der Waals surface area contributed by atoms with Crippen molar-refractivity contribution in [1.29, 1.82) is 0 Å². The van der Waals surface area contributed by atoms with Crippen molar-refractivity contribution >= 4 is 23.8 Å². The number of pyridine rings is 2. The van der Waals surface area contributed by atoms with Crippen molar-refractivity contribution in [1.82, 2.24) is 19.8 Å². The highest BCUT2D eigenvalue weighted by Gasteiger charge is 2.29. The third kappa shape index (κ3) is 7.80. The lowest BCUT2D eigenvalue weighted by molar-refractivity contribution is -0.134. The molecule has 2 aliphatic rings. The van der Waals surface area contributed by atoms with E-state index in [0.29, 0.717) is 25.0 Å². The zero-order valence-electron chi connectivity index (χ0n) is 19.1. The Hall–Kier alpha value is -4.08. The minimum absolute atomic E-state index is 0.230. The maximum Gasteiger partial charge on any atom is 0.328 e. The molecular formula is C24H28N4O6. The molecule has 10 heteroatoms. The summed E-state index contributed by atoms with van der Waals surface area (Å²) in [5.41, 5.74) is 2.27. The van der Waals surface area contributed by atoms with Gasteiger partial charge in [0.25, 0.3) is 0 Å². The molecule has 4 heterocycles. The first kappa shape index (κ1) is 26.2. The van der Waals surface area contributed by atoms with Crippen LogP contribution < -0.4 is 0 Å². The first-order valence-corrected chi connectivity index (χ1v) is 10.7. The van der Waals surface area contributed by atoms with E-state index in [1.54, 1.807) is 22.2 Å². The van der Waals surface area contributed by atoms with Gasteiger partial charge in [-0.05, 0) is 36.1 Å². The van der Waals surface area contributed by atoms with E-state index in [4.69, 9.17) is 10.2 Å². The monoisotopic (exact) mass is 468 g/mol. The summed E-state index contributed by atoms with van der Waals surface area (Å²) in [5.74, 6) is -2.05. The molecule has 2 saturated heterocycles. The van der Waals surface area contributed by atoms with E-state index in [1.165, 1.54) is 0 Å². The topological polar surface area (TPSA) is 141 Å². The predicted octanol–water partition coefficient (Wildman–Crippen LogP) is 2.46. The lowest BCUT2D eigenvalue weighted by Gasteiger charge is -2.19. The lowest BCUT2D eigenvalue weighted by atomic mass is 10.1. The van der Waals surface area contributed by atoms with Crippen LogP contribution in [0.1, 0.15) is 48.9 Å². The maximum absolute atomic E-state index is 11.3. The van der Waals surface area contributed by atoms with Gasteiger partial charge in [-0.15, -0.1) is 0 Å². The number of rotatable bonds is 4. The highest BCUT2D eigenvalue weighted by Crippen LogP contribution is 2.31. The number of hydrogen-bond donors (Lipinski definition) is 2. The van der Waals surface area contributed by atoms with E-state index in [0.717, 1.165) is 24.0 Å². The van der Waals surface area contributed by atoms with Crippen molar-refractivity contribution < 1.29 is 29.4 Å². The Bertz CT molecular complexity index is 931. The minimum Gasteiger partial charge on any atom is -0.478 e. The number of hydrogen-bond acceptors (Lipinski definition) is 6. The van der Waals surface area contributed by atoms with E-state index in [-0.39, 0.29) is 23.9 Å². The Balaban J connectivity index is 0.000000187. The molecule has 2 amide bonds. The smallest absolute Gasteiger partial charge is 0.328 e. The van der Waals surface area contributed by atoms with Gasteiger partial charge >= 0.3 is 11.9 Å². The van der Waals surface area contributed by atoms with Gasteiger partial charge < -0.3 is 20.0 Å². The summed E-state index contributed by atoms with van der Waals surface area (Å²) in [7, 11) is 3.71.